The van der Waals surface area contributed by atoms with E-state index in [0.29, 0.717) is 46.2 Å². The Kier molecular flexibility index (Phi) is 22.6. The highest BCUT2D eigenvalue weighted by molar-refractivity contribution is 8.76. The molecule has 0 aliphatic carbocycles. The van der Waals surface area contributed by atoms with Crippen LogP contribution in [0, 0.1) is 11.8 Å². The standard InChI is InChI=1S/C67H66ClN11O16S2/c68-29-41-32-79(63(88)50-24-39-21-35(12-17-47(39)75-50)22-53(81)48-23-37-5-1-4-8-46(37)74-48)51-28-55(43-6-2-3-7-44(43)58(41)51)95-67(93)94-19-20-96-97-33-40(65(91)92)26-54(82)49(27-57(84)85)76-61(86)45(69)31-71-56(83)18-15-38(64(89)90)25-52(80)36-13-9-34(10-14-36)11-16-42-30-72-60-59(73-42)62(87)78-66(70)77-60/h1-10,12-14,17,21,23-24,28,30,38,40-41,45,49,59-60,74-75H,11,15-16,18-20,22,25-27,29,31-33,69H2,(H,71,83)(H,76,86)(H,84,85)(H,89,90)(H,91,92)(H3,70,77,78,87). The number of carbonyl (C=O) groups excluding carboxylic acids is 8. The number of aliphatic imine (C=N–C) groups is 3. The molecule has 10 rings (SSSR count). The smallest absolute Gasteiger partial charge is 0.481 e. The highest BCUT2D eigenvalue weighted by Gasteiger charge is 2.38. The van der Waals surface area contributed by atoms with E-state index in [-0.39, 0.29) is 90.4 Å². The highest BCUT2D eigenvalue weighted by atomic mass is 35.5. The quantitative estimate of drug-likeness (QED) is 0.00535. The first-order valence-electron chi connectivity index (χ1n) is 30.7. The van der Waals surface area contributed by atoms with E-state index < -0.39 is 115 Å². The lowest BCUT2D eigenvalue weighted by Crippen LogP contribution is -2.53. The Bertz CT molecular complexity index is 4330. The van der Waals surface area contributed by atoms with Gasteiger partial charge in [-0.2, -0.15) is 0 Å². The number of Topliss-reactive ketones (excluding diaryl/α,β-unsaturated/α-hetero) is 3. The summed E-state index contributed by atoms with van der Waals surface area (Å²) < 4.78 is 11.2. The summed E-state index contributed by atoms with van der Waals surface area (Å²) >= 11 is 6.55. The Morgan fingerprint density at radius 2 is 1.47 bits per heavy atom. The van der Waals surface area contributed by atoms with Gasteiger partial charge in [-0.15, -0.1) is 11.6 Å². The lowest BCUT2D eigenvalue weighted by Gasteiger charge is -2.25. The van der Waals surface area contributed by atoms with Crippen LogP contribution in [0.15, 0.2) is 124 Å². The number of aliphatic carboxylic acids is 3. The zero-order chi connectivity index (χ0) is 69.0. The van der Waals surface area contributed by atoms with Crippen molar-refractivity contribution in [3.8, 4) is 5.75 Å². The zero-order valence-electron chi connectivity index (χ0n) is 51.7. The fraction of sp³-hybridized carbons (Fsp3) is 0.313. The maximum absolute atomic E-state index is 14.4. The number of nitrogens with two attached hydrogens (primary N) is 2. The number of ketones is 3. The minimum Gasteiger partial charge on any atom is -0.481 e. The second kappa shape index (κ2) is 31.5. The third-order valence-corrected chi connectivity index (χ3v) is 19.4. The van der Waals surface area contributed by atoms with E-state index in [1.54, 1.807) is 53.4 Å². The number of guanidine groups is 1. The van der Waals surface area contributed by atoms with Gasteiger partial charge in [-0.25, -0.2) is 9.79 Å². The van der Waals surface area contributed by atoms with Gasteiger partial charge in [-0.05, 0) is 71.7 Å². The van der Waals surface area contributed by atoms with Crippen LogP contribution in [0.1, 0.15) is 92.5 Å². The second-order valence-electron chi connectivity index (χ2n) is 23.3. The summed E-state index contributed by atoms with van der Waals surface area (Å²) in [4.78, 5) is 163. The number of hydrogen-bond donors (Lipinski definition) is 10. The van der Waals surface area contributed by atoms with Gasteiger partial charge in [0.05, 0.1) is 41.4 Å². The molecule has 30 heteroatoms. The van der Waals surface area contributed by atoms with Crippen molar-refractivity contribution in [2.75, 3.05) is 42.0 Å². The van der Waals surface area contributed by atoms with Crippen molar-refractivity contribution in [1.29, 1.82) is 0 Å². The number of H-pyrrole nitrogens is 2. The third kappa shape index (κ3) is 17.4. The number of aryl methyl sites for hydroxylation is 1. The second-order valence-corrected chi connectivity index (χ2v) is 26.3. The van der Waals surface area contributed by atoms with Crippen molar-refractivity contribution >= 4 is 154 Å². The predicted octanol–water partition coefficient (Wildman–Crippen LogP) is 6.52. The summed E-state index contributed by atoms with van der Waals surface area (Å²) in [7, 11) is 2.15. The van der Waals surface area contributed by atoms with E-state index in [2.05, 4.69) is 40.9 Å². The number of halogens is 1. The molecule has 7 unspecified atom stereocenters. The van der Waals surface area contributed by atoms with E-state index in [1.165, 1.54) is 6.21 Å². The molecule has 0 saturated carbocycles. The Morgan fingerprint density at radius 3 is 2.22 bits per heavy atom. The number of amides is 4. The number of carboxylic acids is 3. The molecule has 7 atom stereocenters. The minimum absolute atomic E-state index is 0.0278. The molecule has 5 heterocycles. The Morgan fingerprint density at radius 1 is 0.763 bits per heavy atom. The molecule has 27 nitrogen and oxygen atoms in total. The van der Waals surface area contributed by atoms with Crippen LogP contribution in [0.4, 0.5) is 10.5 Å². The molecule has 3 aliphatic heterocycles. The van der Waals surface area contributed by atoms with Crippen LogP contribution in [0.25, 0.3) is 32.6 Å². The largest absolute Gasteiger partial charge is 0.513 e. The summed E-state index contributed by atoms with van der Waals surface area (Å²) in [5, 5.41) is 39.5. The van der Waals surface area contributed by atoms with E-state index in [0.717, 1.165) is 54.6 Å². The Hall–Kier alpha value is -10.2. The van der Waals surface area contributed by atoms with Crippen LogP contribution in [0.2, 0.25) is 0 Å². The summed E-state index contributed by atoms with van der Waals surface area (Å²) in [5.41, 5.74) is 17.6. The van der Waals surface area contributed by atoms with E-state index in [9.17, 15) is 68.1 Å². The molecule has 0 fully saturated rings. The molecule has 7 aromatic rings. The molecule has 4 amide bonds. The number of aromatic nitrogens is 2. The average molecular weight is 1380 g/mol. The SMILES string of the molecule is NC1=NC2N=CC(CCc3ccc(C(=O)CC(CCC(=O)NCC(N)C(=O)NC(CC(=O)O)C(=O)CC(CSSCCOC(=O)Oc4cc5c(c6ccccc46)C(CCl)CN5C(=O)c4cc5cc(CC(=O)c6cc7ccccc7[nH]6)ccc5[nH]4)C(=O)O)C(=O)O)cc3)=NC2C(=O)N1. The molecule has 0 spiro atoms. The number of benzene rings is 5. The van der Waals surface area contributed by atoms with Crippen LogP contribution in [0.5, 0.6) is 5.75 Å². The van der Waals surface area contributed by atoms with Crippen LogP contribution in [-0.4, -0.2) is 170 Å². The van der Waals surface area contributed by atoms with Gasteiger partial charge in [0.25, 0.3) is 11.8 Å². The normalized spacial score (nSPS) is 16.8. The molecular weight excluding hydrogens is 1310 g/mol. The Balaban J connectivity index is 0.651. The predicted molar refractivity (Wildman–Crippen MR) is 364 cm³/mol. The van der Waals surface area contributed by atoms with Gasteiger partial charge >= 0.3 is 24.1 Å². The number of fused-ring (bicyclic) bond motifs is 6. The number of anilines is 1. The van der Waals surface area contributed by atoms with E-state index in [1.807, 2.05) is 60.7 Å². The molecule has 0 radical (unpaired) electrons. The maximum Gasteiger partial charge on any atom is 0.513 e. The number of nitrogens with one attached hydrogen (secondary N) is 5. The lowest BCUT2D eigenvalue weighted by molar-refractivity contribution is -0.144. The minimum atomic E-state index is -1.71. The molecule has 0 bridgehead atoms. The number of ether oxygens (including phenoxy) is 2. The summed E-state index contributed by atoms with van der Waals surface area (Å²) in [5.74, 6) is -10.9. The van der Waals surface area contributed by atoms with Crippen LogP contribution < -0.4 is 37.1 Å². The number of hydrogen-bond acceptors (Lipinski definition) is 20. The first kappa shape index (κ1) is 69.6. The molecule has 97 heavy (non-hydrogen) atoms. The molecule has 2 aromatic heterocycles. The summed E-state index contributed by atoms with van der Waals surface area (Å²) in [6.07, 6.45) is -1.88. The third-order valence-electron chi connectivity index (χ3n) is 16.5. The average Bonchev–Trinajstić information content (AvgIpc) is 1.61. The number of alkyl halides is 1. The fourth-order valence-electron chi connectivity index (χ4n) is 11.5. The lowest BCUT2D eigenvalue weighted by atomic mass is 9.93. The van der Waals surface area contributed by atoms with Gasteiger partial charge in [0.15, 0.2) is 35.5 Å². The van der Waals surface area contributed by atoms with Crippen molar-refractivity contribution in [1.82, 2.24) is 25.9 Å². The first-order valence-corrected chi connectivity index (χ1v) is 33.8. The number of nitrogens with zero attached hydrogens (tertiary/aromatic N) is 4. The number of aromatic amines is 2. The van der Waals surface area contributed by atoms with E-state index in [4.69, 9.17) is 32.5 Å². The van der Waals surface area contributed by atoms with E-state index >= 15 is 0 Å². The number of para-hydroxylation sites is 1. The van der Waals surface area contributed by atoms with Crippen molar-refractivity contribution in [2.45, 2.75) is 81.6 Å². The van der Waals surface area contributed by atoms with Crippen molar-refractivity contribution in [3.05, 3.63) is 143 Å². The summed E-state index contributed by atoms with van der Waals surface area (Å²) in [6.45, 7) is -0.486. The summed E-state index contributed by atoms with van der Waals surface area (Å²) in [6, 6.07) is 27.9. The monoisotopic (exact) mass is 1380 g/mol. The molecule has 12 N–H and O–H groups in total. The van der Waals surface area contributed by atoms with Crippen LogP contribution in [0.3, 0.4) is 0 Å². The maximum atomic E-state index is 14.4. The molecule has 0 saturated heterocycles. The van der Waals surface area contributed by atoms with Gasteiger partial charge in [-0.1, -0.05) is 94.4 Å². The zero-order valence-corrected chi connectivity index (χ0v) is 54.1. The van der Waals surface area contributed by atoms with Gasteiger partial charge in [0, 0.05) is 107 Å². The number of carbonyl (C=O) groups is 11. The molecule has 5 aromatic carbocycles. The van der Waals surface area contributed by atoms with Crippen molar-refractivity contribution in [3.63, 3.8) is 0 Å². The first-order chi connectivity index (χ1) is 46.6. The van der Waals surface area contributed by atoms with Gasteiger partial charge in [-0.3, -0.25) is 63.2 Å². The molecule has 3 aliphatic rings. The fourth-order valence-corrected chi connectivity index (χ4v) is 13.8. The van der Waals surface area contributed by atoms with Gasteiger partial charge in [0.1, 0.15) is 24.1 Å². The molecular formula is C67H66ClN11O16S2. The van der Waals surface area contributed by atoms with Gasteiger partial charge in [0.2, 0.25) is 11.8 Å². The topological polar surface area (TPSA) is 427 Å². The van der Waals surface area contributed by atoms with Crippen molar-refractivity contribution in [2.24, 2.45) is 38.3 Å². The number of carboxylic acid groups (broad SMARTS) is 3. The van der Waals surface area contributed by atoms with Gasteiger partial charge < -0.3 is 61.8 Å². The Labute approximate surface area is 565 Å². The molecule has 504 valence electrons. The van der Waals surface area contributed by atoms with Crippen LogP contribution >= 0.6 is 33.2 Å². The van der Waals surface area contributed by atoms with Crippen molar-refractivity contribution < 1.29 is 77.5 Å². The highest BCUT2D eigenvalue weighted by Crippen LogP contribution is 2.46. The van der Waals surface area contributed by atoms with Crippen LogP contribution in [-0.2, 0) is 51.1 Å². The number of rotatable bonds is 32.